The quantitative estimate of drug-likeness (QED) is 0.0261. The summed E-state index contributed by atoms with van der Waals surface area (Å²) in [6.07, 6.45) is 87.5. The largest absolute Gasteiger partial charge is 0.462 e. The Balaban J connectivity index is 4.10. The third kappa shape index (κ3) is 66.2. The Labute approximate surface area is 498 Å². The molecule has 0 aromatic rings. The molecule has 0 aromatic carbocycles. The van der Waals surface area contributed by atoms with E-state index in [9.17, 15) is 14.4 Å². The Morgan fingerprint density at radius 3 is 0.787 bits per heavy atom. The molecule has 0 aliphatic heterocycles. The van der Waals surface area contributed by atoms with Gasteiger partial charge in [0.15, 0.2) is 6.10 Å². The van der Waals surface area contributed by atoms with Crippen LogP contribution in [0.5, 0.6) is 0 Å². The molecule has 0 aromatic heterocycles. The fourth-order valence-corrected chi connectivity index (χ4v) is 10.8. The zero-order chi connectivity index (χ0) is 57.8. The van der Waals surface area contributed by atoms with Crippen LogP contribution in [0.2, 0.25) is 0 Å². The first-order valence-corrected chi connectivity index (χ1v) is 35.6. The highest BCUT2D eigenvalue weighted by Crippen LogP contribution is 2.19. The fourth-order valence-electron chi connectivity index (χ4n) is 10.8. The van der Waals surface area contributed by atoms with E-state index in [2.05, 4.69) is 69.4 Å². The van der Waals surface area contributed by atoms with Gasteiger partial charge in [0.05, 0.1) is 0 Å². The number of hydrogen-bond donors (Lipinski definition) is 0. The van der Waals surface area contributed by atoms with Crippen molar-refractivity contribution in [1.82, 2.24) is 0 Å². The zero-order valence-electron chi connectivity index (χ0n) is 53.9. The maximum atomic E-state index is 12.9. The molecule has 0 spiro atoms. The number of rotatable bonds is 66. The van der Waals surface area contributed by atoms with Crippen LogP contribution in [0.15, 0.2) is 48.6 Å². The van der Waals surface area contributed by atoms with E-state index in [1.165, 1.54) is 250 Å². The van der Waals surface area contributed by atoms with Crippen LogP contribution < -0.4 is 0 Å². The number of carbonyl (C=O) groups is 3. The molecule has 0 saturated carbocycles. The lowest BCUT2D eigenvalue weighted by Crippen LogP contribution is -2.30. The van der Waals surface area contributed by atoms with E-state index < -0.39 is 6.10 Å². The van der Waals surface area contributed by atoms with Gasteiger partial charge < -0.3 is 14.2 Å². The molecule has 1 atom stereocenters. The average Bonchev–Trinajstić information content (AvgIpc) is 3.46. The Kier molecular flexibility index (Phi) is 66.6. The highest BCUT2D eigenvalue weighted by molar-refractivity contribution is 5.71. The Morgan fingerprint density at radius 2 is 0.487 bits per heavy atom. The van der Waals surface area contributed by atoms with Crippen LogP contribution in [0.1, 0.15) is 387 Å². The smallest absolute Gasteiger partial charge is 0.306 e. The number of hydrogen-bond acceptors (Lipinski definition) is 6. The van der Waals surface area contributed by atoms with Crippen LogP contribution >= 0.6 is 0 Å². The van der Waals surface area contributed by atoms with E-state index in [1.807, 2.05) is 0 Å². The molecule has 0 saturated heterocycles. The fraction of sp³-hybridized carbons (Fsp3) is 0.851. The Bertz CT molecular complexity index is 1380. The van der Waals surface area contributed by atoms with E-state index >= 15 is 0 Å². The zero-order valence-corrected chi connectivity index (χ0v) is 53.9. The van der Waals surface area contributed by atoms with Gasteiger partial charge in [-0.3, -0.25) is 14.4 Å². The van der Waals surface area contributed by atoms with Gasteiger partial charge in [-0.2, -0.15) is 0 Å². The average molecular weight is 1120 g/mol. The Morgan fingerprint density at radius 1 is 0.263 bits per heavy atom. The summed E-state index contributed by atoms with van der Waals surface area (Å²) in [5.41, 5.74) is 0. The highest BCUT2D eigenvalue weighted by atomic mass is 16.6. The molecule has 6 heteroatoms. The van der Waals surface area contributed by atoms with Gasteiger partial charge in [0.25, 0.3) is 0 Å². The van der Waals surface area contributed by atoms with Gasteiger partial charge in [-0.1, -0.05) is 339 Å². The van der Waals surface area contributed by atoms with Gasteiger partial charge in [-0.15, -0.1) is 0 Å². The van der Waals surface area contributed by atoms with Gasteiger partial charge in [-0.25, -0.2) is 0 Å². The van der Waals surface area contributed by atoms with E-state index in [1.54, 1.807) is 0 Å². The van der Waals surface area contributed by atoms with Crippen LogP contribution in [0.25, 0.3) is 0 Å². The van der Waals surface area contributed by atoms with Crippen molar-refractivity contribution in [2.45, 2.75) is 393 Å². The summed E-state index contributed by atoms with van der Waals surface area (Å²) in [5, 5.41) is 0. The number of ether oxygens (including phenoxy) is 3. The van der Waals surface area contributed by atoms with Crippen molar-refractivity contribution in [3.63, 3.8) is 0 Å². The SMILES string of the molecule is CC/C=C\C/C=C\C/C=C\CCCCCC(=O)OCC(COC(=O)CCCCCCCCCCCCCCCCCCCCCCCCCCCCCCCCCCC)OC(=O)CCCCCCC/C=C\CCCCCCCCC. The third-order valence-electron chi connectivity index (χ3n) is 16.1. The summed E-state index contributed by atoms with van der Waals surface area (Å²) < 4.78 is 16.9. The predicted octanol–water partition coefficient (Wildman–Crippen LogP) is 24.5. The molecule has 0 amide bonds. The number of unbranched alkanes of at least 4 members (excludes halogenated alkanes) is 47. The van der Waals surface area contributed by atoms with Crippen LogP contribution in [-0.4, -0.2) is 37.2 Å². The van der Waals surface area contributed by atoms with Crippen molar-refractivity contribution in [2.75, 3.05) is 13.2 Å². The minimum atomic E-state index is -0.789. The van der Waals surface area contributed by atoms with Crippen molar-refractivity contribution >= 4 is 17.9 Å². The maximum Gasteiger partial charge on any atom is 0.306 e. The van der Waals surface area contributed by atoms with Crippen molar-refractivity contribution < 1.29 is 28.6 Å². The molecule has 0 radical (unpaired) electrons. The third-order valence-corrected chi connectivity index (χ3v) is 16.1. The molecule has 0 heterocycles. The predicted molar refractivity (Wildman–Crippen MR) is 349 cm³/mol. The molecule has 80 heavy (non-hydrogen) atoms. The second-order valence-electron chi connectivity index (χ2n) is 24.1. The monoisotopic (exact) mass is 1120 g/mol. The van der Waals surface area contributed by atoms with Gasteiger partial charge in [0.2, 0.25) is 0 Å². The van der Waals surface area contributed by atoms with Crippen LogP contribution in [0.4, 0.5) is 0 Å². The van der Waals surface area contributed by atoms with Crippen molar-refractivity contribution in [2.24, 2.45) is 0 Å². The molecular weight excluding hydrogens is 985 g/mol. The lowest BCUT2D eigenvalue weighted by Gasteiger charge is -2.18. The molecule has 0 aliphatic carbocycles. The number of carbonyl (C=O) groups excluding carboxylic acids is 3. The summed E-state index contributed by atoms with van der Waals surface area (Å²) in [6.45, 7) is 6.55. The van der Waals surface area contributed by atoms with Crippen molar-refractivity contribution in [3.8, 4) is 0 Å². The van der Waals surface area contributed by atoms with Gasteiger partial charge >= 0.3 is 17.9 Å². The highest BCUT2D eigenvalue weighted by Gasteiger charge is 2.19. The molecule has 6 nitrogen and oxygen atoms in total. The second kappa shape index (κ2) is 68.9. The molecule has 1 unspecified atom stereocenters. The lowest BCUT2D eigenvalue weighted by molar-refractivity contribution is -0.167. The molecule has 0 N–H and O–H groups in total. The van der Waals surface area contributed by atoms with Crippen molar-refractivity contribution in [3.05, 3.63) is 48.6 Å². The van der Waals surface area contributed by atoms with E-state index in [-0.39, 0.29) is 31.1 Å². The first-order valence-electron chi connectivity index (χ1n) is 35.6. The van der Waals surface area contributed by atoms with Gasteiger partial charge in [0.1, 0.15) is 13.2 Å². The molecular formula is C74H136O6. The summed E-state index contributed by atoms with van der Waals surface area (Å²) in [7, 11) is 0. The minimum Gasteiger partial charge on any atom is -0.462 e. The lowest BCUT2D eigenvalue weighted by atomic mass is 10.0. The van der Waals surface area contributed by atoms with Crippen LogP contribution in [-0.2, 0) is 28.6 Å². The first kappa shape index (κ1) is 77.4. The maximum absolute atomic E-state index is 12.9. The standard InChI is InChI=1S/C74H136O6/c1-4-7-10-13-16-19-22-25-27-29-30-31-32-33-34-35-36-37-38-39-40-41-42-43-44-45-47-49-52-55-58-61-64-67-73(76)79-70-71(69-78-72(75)66-63-60-57-54-51-48-24-21-18-15-12-9-6-3)80-74(77)68-65-62-59-56-53-50-46-28-26-23-20-17-14-11-8-5-2/h9,12,18,21,28,46,48,51,71H,4-8,10-11,13-17,19-20,22-27,29-45,47,49-50,52-70H2,1-3H3/b12-9-,21-18-,46-28-,51-48-. The number of esters is 3. The molecule has 468 valence electrons. The normalized spacial score (nSPS) is 12.3. The Hall–Kier alpha value is -2.63. The number of allylic oxidation sites excluding steroid dienone is 8. The van der Waals surface area contributed by atoms with E-state index in [0.717, 1.165) is 96.3 Å². The van der Waals surface area contributed by atoms with Crippen molar-refractivity contribution in [1.29, 1.82) is 0 Å². The molecule has 0 aliphatic rings. The van der Waals surface area contributed by atoms with Gasteiger partial charge in [-0.05, 0) is 77.0 Å². The van der Waals surface area contributed by atoms with Gasteiger partial charge in [0, 0.05) is 19.3 Å². The summed E-state index contributed by atoms with van der Waals surface area (Å²) in [5.74, 6) is -0.900. The molecule has 0 bridgehead atoms. The minimum absolute atomic E-state index is 0.0824. The first-order chi connectivity index (χ1) is 39.5. The second-order valence-corrected chi connectivity index (χ2v) is 24.1. The van der Waals surface area contributed by atoms with E-state index in [4.69, 9.17) is 14.2 Å². The molecule has 0 fully saturated rings. The summed E-state index contributed by atoms with van der Waals surface area (Å²) >= 11 is 0. The molecule has 0 rings (SSSR count). The van der Waals surface area contributed by atoms with E-state index in [0.29, 0.717) is 19.3 Å². The van der Waals surface area contributed by atoms with Crippen LogP contribution in [0.3, 0.4) is 0 Å². The topological polar surface area (TPSA) is 78.9 Å². The summed E-state index contributed by atoms with van der Waals surface area (Å²) in [6, 6.07) is 0. The van der Waals surface area contributed by atoms with Crippen LogP contribution in [0, 0.1) is 0 Å². The summed E-state index contributed by atoms with van der Waals surface area (Å²) in [4.78, 5) is 38.3.